The van der Waals surface area contributed by atoms with E-state index in [1.165, 1.54) is 0 Å². The molecule has 0 atom stereocenters. The minimum atomic E-state index is -3.66. The van der Waals surface area contributed by atoms with Gasteiger partial charge in [-0.2, -0.15) is 0 Å². The van der Waals surface area contributed by atoms with Gasteiger partial charge in [-0.05, 0) is 55.2 Å². The molecule has 1 fully saturated rings. The molecule has 5 nitrogen and oxygen atoms in total. The maximum atomic E-state index is 12.7. The first kappa shape index (κ1) is 17.6. The van der Waals surface area contributed by atoms with E-state index >= 15 is 0 Å². The van der Waals surface area contributed by atoms with Crippen molar-refractivity contribution in [3.8, 4) is 5.75 Å². The Hall–Kier alpha value is -2.21. The molecular formula is C19H24N2O3S. The van der Waals surface area contributed by atoms with Gasteiger partial charge in [0.25, 0.3) is 10.0 Å². The quantitative estimate of drug-likeness (QED) is 0.854. The summed E-state index contributed by atoms with van der Waals surface area (Å²) in [7, 11) is -2.12. The Morgan fingerprint density at radius 1 is 1.08 bits per heavy atom. The van der Waals surface area contributed by atoms with Gasteiger partial charge in [0.1, 0.15) is 5.75 Å². The zero-order valence-corrected chi connectivity index (χ0v) is 15.5. The number of benzene rings is 2. The van der Waals surface area contributed by atoms with Gasteiger partial charge in [-0.25, -0.2) is 8.42 Å². The highest BCUT2D eigenvalue weighted by Crippen LogP contribution is 2.32. The molecule has 3 rings (SSSR count). The Morgan fingerprint density at radius 3 is 2.36 bits per heavy atom. The van der Waals surface area contributed by atoms with Crippen LogP contribution in [-0.2, 0) is 16.4 Å². The molecule has 1 aliphatic heterocycles. The molecule has 1 N–H and O–H groups in total. The predicted molar refractivity (Wildman–Crippen MR) is 101 cm³/mol. The molecule has 2 aromatic rings. The minimum Gasteiger partial charge on any atom is -0.495 e. The summed E-state index contributed by atoms with van der Waals surface area (Å²) in [5, 5.41) is 0. The number of hydrogen-bond donors (Lipinski definition) is 1. The van der Waals surface area contributed by atoms with Crippen molar-refractivity contribution in [2.75, 3.05) is 29.8 Å². The van der Waals surface area contributed by atoms with Crippen molar-refractivity contribution in [2.24, 2.45) is 0 Å². The van der Waals surface area contributed by atoms with Crippen molar-refractivity contribution in [1.29, 1.82) is 0 Å². The van der Waals surface area contributed by atoms with Crippen molar-refractivity contribution in [3.63, 3.8) is 0 Å². The molecule has 0 amide bonds. The predicted octanol–water partition coefficient (Wildman–Crippen LogP) is 3.66. The van der Waals surface area contributed by atoms with E-state index in [1.807, 2.05) is 37.3 Å². The summed E-state index contributed by atoms with van der Waals surface area (Å²) in [4.78, 5) is 2.51. The maximum absolute atomic E-state index is 12.7. The standard InChI is InChI=1S/C19H24N2O3S/c1-3-15-6-9-17(10-7-15)25(22,23)20-18-14-16(8-11-19(18)24-2)21-12-4-5-13-21/h6-11,14,20H,3-5,12-13H2,1-2H3. The number of rotatable bonds is 6. The van der Waals surface area contributed by atoms with E-state index in [0.29, 0.717) is 11.4 Å². The third-order valence-electron chi connectivity index (χ3n) is 4.54. The summed E-state index contributed by atoms with van der Waals surface area (Å²) in [6.07, 6.45) is 3.20. The molecule has 0 saturated carbocycles. The zero-order chi connectivity index (χ0) is 17.9. The SMILES string of the molecule is CCc1ccc(S(=O)(=O)Nc2cc(N3CCCC3)ccc2OC)cc1. The van der Waals surface area contributed by atoms with E-state index < -0.39 is 10.0 Å². The lowest BCUT2D eigenvalue weighted by Gasteiger charge is -2.20. The van der Waals surface area contributed by atoms with Crippen LogP contribution in [0.4, 0.5) is 11.4 Å². The van der Waals surface area contributed by atoms with Crippen LogP contribution in [-0.4, -0.2) is 28.6 Å². The highest BCUT2D eigenvalue weighted by molar-refractivity contribution is 7.92. The van der Waals surface area contributed by atoms with E-state index in [0.717, 1.165) is 43.6 Å². The zero-order valence-electron chi connectivity index (χ0n) is 14.7. The van der Waals surface area contributed by atoms with Crippen LogP contribution in [0.2, 0.25) is 0 Å². The van der Waals surface area contributed by atoms with Crippen LogP contribution in [0.15, 0.2) is 47.4 Å². The number of anilines is 2. The van der Waals surface area contributed by atoms with E-state index in [1.54, 1.807) is 19.2 Å². The summed E-state index contributed by atoms with van der Waals surface area (Å²) < 4.78 is 33.5. The number of nitrogens with zero attached hydrogens (tertiary/aromatic N) is 1. The molecular weight excluding hydrogens is 336 g/mol. The average molecular weight is 360 g/mol. The summed E-state index contributed by atoms with van der Waals surface area (Å²) in [6, 6.07) is 12.6. The van der Waals surface area contributed by atoms with Gasteiger partial charge in [-0.15, -0.1) is 0 Å². The van der Waals surface area contributed by atoms with Crippen LogP contribution >= 0.6 is 0 Å². The molecule has 134 valence electrons. The van der Waals surface area contributed by atoms with Crippen molar-refractivity contribution in [3.05, 3.63) is 48.0 Å². The number of sulfonamides is 1. The monoisotopic (exact) mass is 360 g/mol. The number of nitrogens with one attached hydrogen (secondary N) is 1. The van der Waals surface area contributed by atoms with Crippen molar-refractivity contribution >= 4 is 21.4 Å². The van der Waals surface area contributed by atoms with Gasteiger partial charge in [-0.3, -0.25) is 4.72 Å². The lowest BCUT2D eigenvalue weighted by Crippen LogP contribution is -2.18. The summed E-state index contributed by atoms with van der Waals surface area (Å²) in [5.41, 5.74) is 2.58. The van der Waals surface area contributed by atoms with Crippen molar-refractivity contribution in [1.82, 2.24) is 0 Å². The van der Waals surface area contributed by atoms with Crippen molar-refractivity contribution in [2.45, 2.75) is 31.1 Å². The van der Waals surface area contributed by atoms with Gasteiger partial charge in [0, 0.05) is 18.8 Å². The van der Waals surface area contributed by atoms with Gasteiger partial charge in [0.05, 0.1) is 17.7 Å². The Labute approximate surface area is 149 Å². The summed E-state index contributed by atoms with van der Waals surface area (Å²) in [6.45, 7) is 4.03. The Balaban J connectivity index is 1.90. The second kappa shape index (κ2) is 7.35. The molecule has 1 saturated heterocycles. The third-order valence-corrected chi connectivity index (χ3v) is 5.92. The molecule has 1 aliphatic rings. The van der Waals surface area contributed by atoms with Crippen LogP contribution in [0.5, 0.6) is 5.75 Å². The minimum absolute atomic E-state index is 0.248. The van der Waals surface area contributed by atoms with Gasteiger partial charge in [-0.1, -0.05) is 19.1 Å². The van der Waals surface area contributed by atoms with E-state index in [-0.39, 0.29) is 4.90 Å². The van der Waals surface area contributed by atoms with Gasteiger partial charge < -0.3 is 9.64 Å². The topological polar surface area (TPSA) is 58.6 Å². The largest absolute Gasteiger partial charge is 0.495 e. The lowest BCUT2D eigenvalue weighted by molar-refractivity contribution is 0.417. The van der Waals surface area contributed by atoms with Crippen LogP contribution in [0.1, 0.15) is 25.3 Å². The van der Waals surface area contributed by atoms with Crippen LogP contribution in [0.25, 0.3) is 0 Å². The van der Waals surface area contributed by atoms with Crippen molar-refractivity contribution < 1.29 is 13.2 Å². The maximum Gasteiger partial charge on any atom is 0.262 e. The fourth-order valence-electron chi connectivity index (χ4n) is 3.06. The first-order valence-electron chi connectivity index (χ1n) is 8.58. The molecule has 0 unspecified atom stereocenters. The smallest absolute Gasteiger partial charge is 0.262 e. The van der Waals surface area contributed by atoms with Gasteiger partial charge in [0.15, 0.2) is 0 Å². The number of aryl methyl sites for hydroxylation is 1. The van der Waals surface area contributed by atoms with Gasteiger partial charge in [0.2, 0.25) is 0 Å². The Bertz CT molecular complexity index is 826. The van der Waals surface area contributed by atoms with E-state index in [9.17, 15) is 8.42 Å². The first-order valence-corrected chi connectivity index (χ1v) is 10.1. The van der Waals surface area contributed by atoms with Crippen LogP contribution in [0, 0.1) is 0 Å². The highest BCUT2D eigenvalue weighted by atomic mass is 32.2. The second-order valence-corrected chi connectivity index (χ2v) is 7.86. The molecule has 0 aliphatic carbocycles. The number of hydrogen-bond acceptors (Lipinski definition) is 4. The number of ether oxygens (including phenoxy) is 1. The molecule has 1 heterocycles. The molecule has 0 spiro atoms. The molecule has 0 bridgehead atoms. The summed E-state index contributed by atoms with van der Waals surface area (Å²) in [5.74, 6) is 0.511. The molecule has 25 heavy (non-hydrogen) atoms. The normalized spacial score (nSPS) is 14.6. The second-order valence-electron chi connectivity index (χ2n) is 6.18. The Morgan fingerprint density at radius 2 is 1.76 bits per heavy atom. The fraction of sp³-hybridized carbons (Fsp3) is 0.368. The highest BCUT2D eigenvalue weighted by Gasteiger charge is 2.19. The average Bonchev–Trinajstić information content (AvgIpc) is 3.16. The molecule has 0 radical (unpaired) electrons. The molecule has 6 heteroatoms. The molecule has 0 aromatic heterocycles. The number of methoxy groups -OCH3 is 1. The molecule has 2 aromatic carbocycles. The van der Waals surface area contributed by atoms with Crippen LogP contribution in [0.3, 0.4) is 0 Å². The Kier molecular flexibility index (Phi) is 5.18. The third kappa shape index (κ3) is 3.90. The lowest BCUT2D eigenvalue weighted by atomic mass is 10.2. The fourth-order valence-corrected chi connectivity index (χ4v) is 4.12. The van der Waals surface area contributed by atoms with Crippen LogP contribution < -0.4 is 14.4 Å². The van der Waals surface area contributed by atoms with E-state index in [4.69, 9.17) is 4.74 Å². The summed E-state index contributed by atoms with van der Waals surface area (Å²) >= 11 is 0. The van der Waals surface area contributed by atoms with Gasteiger partial charge >= 0.3 is 0 Å². The van der Waals surface area contributed by atoms with E-state index in [2.05, 4.69) is 9.62 Å². The first-order chi connectivity index (χ1) is 12.0.